The van der Waals surface area contributed by atoms with Gasteiger partial charge in [0.15, 0.2) is 0 Å². The van der Waals surface area contributed by atoms with E-state index >= 15 is 0 Å². The number of hydrogen-bond acceptors (Lipinski definition) is 4. The van der Waals surface area contributed by atoms with Crippen LogP contribution in [0, 0.1) is 0 Å². The second kappa shape index (κ2) is 7.36. The number of fused-ring (bicyclic) bond motifs is 1. The lowest BCUT2D eigenvalue weighted by molar-refractivity contribution is -0.494. The van der Waals surface area contributed by atoms with E-state index in [-0.39, 0.29) is 0 Å². The average Bonchev–Trinajstić information content (AvgIpc) is 3.00. The maximum atomic E-state index is 11.6. The zero-order chi connectivity index (χ0) is 19.6. The van der Waals surface area contributed by atoms with Gasteiger partial charge in [-0.1, -0.05) is 0 Å². The molecule has 2 aromatic heterocycles. The van der Waals surface area contributed by atoms with Crippen LogP contribution in [0.1, 0.15) is 0 Å². The summed E-state index contributed by atoms with van der Waals surface area (Å²) in [7, 11) is 6.51. The maximum absolute atomic E-state index is 11.6. The number of aryl methyl sites for hydroxylation is 1. The Hall–Kier alpha value is -3.55. The molecule has 0 radical (unpaired) electrons. The quantitative estimate of drug-likeness (QED) is 0.720. The molecule has 0 unspecified atom stereocenters. The van der Waals surface area contributed by atoms with Crippen molar-refractivity contribution in [1.29, 1.82) is 0 Å². The smallest absolute Gasteiger partial charge is 0.441 e. The fraction of sp³-hybridized carbons (Fsp3) is 0.211. The molecule has 2 amide bonds. The topological polar surface area (TPSA) is 76.9 Å². The van der Waals surface area contributed by atoms with Gasteiger partial charge in [0, 0.05) is 31.8 Å². The van der Waals surface area contributed by atoms with Gasteiger partial charge in [0.2, 0.25) is 11.5 Å². The van der Waals surface area contributed by atoms with Crippen molar-refractivity contribution in [3.8, 4) is 17.0 Å². The van der Waals surface area contributed by atoms with Crippen molar-refractivity contribution < 1.29 is 23.5 Å². The van der Waals surface area contributed by atoms with Crippen LogP contribution in [0.3, 0.4) is 0 Å². The fourth-order valence-corrected chi connectivity index (χ4v) is 2.66. The Morgan fingerprint density at radius 2 is 1.81 bits per heavy atom. The molecule has 1 N–H and O–H groups in total. The average molecular weight is 369 g/mol. The van der Waals surface area contributed by atoms with Crippen LogP contribution < -0.4 is 14.5 Å². The third-order valence-electron chi connectivity index (χ3n) is 4.10. The Labute approximate surface area is 156 Å². The molecule has 0 spiro atoms. The summed E-state index contributed by atoms with van der Waals surface area (Å²) in [4.78, 5) is 24.6. The van der Waals surface area contributed by atoms with Crippen LogP contribution in [-0.4, -0.2) is 42.9 Å². The van der Waals surface area contributed by atoms with Crippen LogP contribution in [0.4, 0.5) is 15.4 Å². The van der Waals surface area contributed by atoms with E-state index < -0.39 is 12.2 Å². The first kappa shape index (κ1) is 18.2. The van der Waals surface area contributed by atoms with Gasteiger partial charge in [-0.3, -0.25) is 4.57 Å². The normalized spacial score (nSPS) is 10.5. The number of rotatable bonds is 3. The van der Waals surface area contributed by atoms with Crippen molar-refractivity contribution in [2.45, 2.75) is 0 Å². The van der Waals surface area contributed by atoms with E-state index in [0.29, 0.717) is 11.6 Å². The van der Waals surface area contributed by atoms with Crippen LogP contribution in [0.2, 0.25) is 0 Å². The lowest BCUT2D eigenvalue weighted by atomic mass is 10.1. The molecule has 0 fully saturated rings. The Morgan fingerprint density at radius 1 is 1.11 bits per heavy atom. The van der Waals surface area contributed by atoms with Gasteiger partial charge < -0.3 is 14.4 Å². The molecule has 0 saturated heterocycles. The first-order valence-electron chi connectivity index (χ1n) is 8.25. The van der Waals surface area contributed by atoms with Crippen LogP contribution in [-0.2, 0) is 11.8 Å². The zero-order valence-electron chi connectivity index (χ0n) is 15.6. The van der Waals surface area contributed by atoms with E-state index in [1.807, 2.05) is 46.5 Å². The molecule has 0 bridgehead atoms. The van der Waals surface area contributed by atoms with E-state index in [2.05, 4.69) is 10.1 Å². The Bertz CT molecular complexity index is 993. The summed E-state index contributed by atoms with van der Waals surface area (Å²) in [6.45, 7) is 0. The standard InChI is InChI=1S/C19H20N4O4/c1-21(2)19(25)27-14-10-8-13(9-11-14)15-12-23-16(20-18(24)26-4)6-5-7-17(23)22(15)3/h5-12H,1-4H3/p+1. The number of methoxy groups -OCH3 is 1. The number of aromatic nitrogens is 2. The van der Waals surface area contributed by atoms with E-state index in [0.717, 1.165) is 16.9 Å². The second-order valence-electron chi connectivity index (χ2n) is 6.12. The Kier molecular flexibility index (Phi) is 4.98. The number of amides is 2. The predicted octanol–water partition coefficient (Wildman–Crippen LogP) is 2.67. The molecule has 3 rings (SSSR count). The van der Waals surface area contributed by atoms with Crippen molar-refractivity contribution in [2.24, 2.45) is 7.05 Å². The summed E-state index contributed by atoms with van der Waals surface area (Å²) >= 11 is 0. The number of pyridine rings is 1. The van der Waals surface area contributed by atoms with Crippen molar-refractivity contribution >= 4 is 23.7 Å². The molecule has 2 heterocycles. The first-order chi connectivity index (χ1) is 12.9. The number of benzene rings is 1. The highest BCUT2D eigenvalue weighted by Crippen LogP contribution is 2.23. The number of nitrogens with zero attached hydrogens (tertiary/aromatic N) is 3. The molecule has 1 aromatic carbocycles. The minimum Gasteiger partial charge on any atom is -0.441 e. The molecular formula is C19H21N4O4+. The molecule has 8 heteroatoms. The van der Waals surface area contributed by atoms with Crippen molar-refractivity contribution in [3.63, 3.8) is 0 Å². The van der Waals surface area contributed by atoms with Gasteiger partial charge in [-0.2, -0.15) is 0 Å². The first-order valence-corrected chi connectivity index (χ1v) is 8.25. The zero-order valence-corrected chi connectivity index (χ0v) is 15.6. The number of carbonyl (C=O) groups excluding carboxylic acids is 2. The molecule has 27 heavy (non-hydrogen) atoms. The highest BCUT2D eigenvalue weighted by atomic mass is 16.6. The minimum atomic E-state index is -0.535. The summed E-state index contributed by atoms with van der Waals surface area (Å²) in [5.41, 5.74) is 2.76. The number of nitrogens with one attached hydrogen (secondary N) is 1. The number of ether oxygens (including phenoxy) is 2. The monoisotopic (exact) mass is 369 g/mol. The number of anilines is 1. The lowest BCUT2D eigenvalue weighted by Crippen LogP contribution is -2.27. The second-order valence-corrected chi connectivity index (χ2v) is 6.12. The van der Waals surface area contributed by atoms with Gasteiger partial charge >= 0.3 is 12.2 Å². The van der Waals surface area contributed by atoms with Crippen LogP contribution in [0.25, 0.3) is 16.9 Å². The largest absolute Gasteiger partial charge is 0.473 e. The number of hydrogen-bond donors (Lipinski definition) is 1. The predicted molar refractivity (Wildman–Crippen MR) is 99.7 cm³/mol. The summed E-state index contributed by atoms with van der Waals surface area (Å²) in [5.74, 6) is 1.06. The summed E-state index contributed by atoms with van der Waals surface area (Å²) < 4.78 is 13.8. The van der Waals surface area contributed by atoms with Gasteiger partial charge in [0.1, 0.15) is 17.6 Å². The maximum Gasteiger partial charge on any atom is 0.473 e. The fourth-order valence-electron chi connectivity index (χ4n) is 2.66. The van der Waals surface area contributed by atoms with E-state index in [4.69, 9.17) is 4.74 Å². The van der Waals surface area contributed by atoms with Crippen LogP contribution in [0.15, 0.2) is 48.7 Å². The summed E-state index contributed by atoms with van der Waals surface area (Å²) in [5, 5.41) is 2.69. The SMILES string of the molecule is COC(=O)Nc1cccc2n(C)c(-c3ccc(OC(=O)N(C)C)cc3)c[n+]12. The molecule has 0 atom stereocenters. The molecule has 0 saturated carbocycles. The summed E-state index contributed by atoms with van der Waals surface area (Å²) in [6.07, 6.45) is 0.954. The Balaban J connectivity index is 1.95. The highest BCUT2D eigenvalue weighted by Gasteiger charge is 2.18. The van der Waals surface area contributed by atoms with Gasteiger partial charge in [0.05, 0.1) is 14.2 Å². The molecule has 0 aliphatic heterocycles. The van der Waals surface area contributed by atoms with Gasteiger partial charge in [0.25, 0.3) is 0 Å². The summed E-state index contributed by atoms with van der Waals surface area (Å²) in [6, 6.07) is 12.8. The van der Waals surface area contributed by atoms with Crippen molar-refractivity contribution in [1.82, 2.24) is 9.47 Å². The van der Waals surface area contributed by atoms with E-state index in [1.54, 1.807) is 32.3 Å². The molecule has 0 aliphatic carbocycles. The third kappa shape index (κ3) is 3.69. The third-order valence-corrected chi connectivity index (χ3v) is 4.10. The minimum absolute atomic E-state index is 0.429. The lowest BCUT2D eigenvalue weighted by Gasteiger charge is -2.10. The molecule has 140 valence electrons. The number of carbonyl (C=O) groups is 2. The van der Waals surface area contributed by atoms with E-state index in [9.17, 15) is 9.59 Å². The van der Waals surface area contributed by atoms with Gasteiger partial charge in [-0.25, -0.2) is 19.3 Å². The molecular weight excluding hydrogens is 348 g/mol. The van der Waals surface area contributed by atoms with Gasteiger partial charge in [-0.05, 0) is 30.3 Å². The molecule has 3 aromatic rings. The molecule has 0 aliphatic rings. The van der Waals surface area contributed by atoms with Crippen molar-refractivity contribution in [3.05, 3.63) is 48.7 Å². The van der Waals surface area contributed by atoms with Gasteiger partial charge in [-0.15, -0.1) is 0 Å². The molecule has 8 nitrogen and oxygen atoms in total. The Morgan fingerprint density at radius 3 is 2.44 bits per heavy atom. The van der Waals surface area contributed by atoms with Crippen molar-refractivity contribution in [2.75, 3.05) is 26.5 Å². The number of imidazole rings is 1. The van der Waals surface area contributed by atoms with E-state index in [1.165, 1.54) is 12.0 Å². The highest BCUT2D eigenvalue weighted by molar-refractivity contribution is 5.82. The van der Waals surface area contributed by atoms with Crippen LogP contribution >= 0.6 is 0 Å². The van der Waals surface area contributed by atoms with Crippen LogP contribution in [0.5, 0.6) is 5.75 Å².